The average Bonchev–Trinajstić information content (AvgIpc) is 2.38. The molecule has 0 heterocycles. The van der Waals surface area contributed by atoms with Gasteiger partial charge in [-0.3, -0.25) is 0 Å². The van der Waals surface area contributed by atoms with Gasteiger partial charge in [-0.25, -0.2) is 0 Å². The molecule has 0 aliphatic heterocycles. The van der Waals surface area contributed by atoms with Crippen molar-refractivity contribution in [1.82, 2.24) is 0 Å². The number of alkyl halides is 1. The van der Waals surface area contributed by atoms with Crippen LogP contribution in [0.2, 0.25) is 0 Å². The van der Waals surface area contributed by atoms with Gasteiger partial charge >= 0.3 is 0 Å². The molecule has 94 valence electrons. The highest BCUT2D eigenvalue weighted by Crippen LogP contribution is 2.33. The van der Waals surface area contributed by atoms with E-state index in [0.29, 0.717) is 5.92 Å². The molecule has 1 unspecified atom stereocenters. The lowest BCUT2D eigenvalue weighted by Gasteiger charge is -2.14. The zero-order chi connectivity index (χ0) is 13.1. The SMILES string of the molecule is CC(C)c1ccc(C(Br)c2ccccc2I)cc1. The molecule has 2 aromatic rings. The van der Waals surface area contributed by atoms with Crippen molar-refractivity contribution in [2.75, 3.05) is 0 Å². The van der Waals surface area contributed by atoms with E-state index in [4.69, 9.17) is 0 Å². The molecule has 0 bridgehead atoms. The van der Waals surface area contributed by atoms with Crippen molar-refractivity contribution in [2.45, 2.75) is 24.6 Å². The number of hydrogen-bond donors (Lipinski definition) is 0. The fraction of sp³-hybridized carbons (Fsp3) is 0.250. The molecular weight excluding hydrogens is 399 g/mol. The van der Waals surface area contributed by atoms with Crippen LogP contribution in [0.3, 0.4) is 0 Å². The molecule has 0 aliphatic carbocycles. The average molecular weight is 415 g/mol. The van der Waals surface area contributed by atoms with Gasteiger partial charge in [0.05, 0.1) is 4.83 Å². The Balaban J connectivity index is 2.29. The van der Waals surface area contributed by atoms with Gasteiger partial charge in [0, 0.05) is 3.57 Å². The van der Waals surface area contributed by atoms with E-state index in [9.17, 15) is 0 Å². The Morgan fingerprint density at radius 3 is 2.00 bits per heavy atom. The summed E-state index contributed by atoms with van der Waals surface area (Å²) in [7, 11) is 0. The number of hydrogen-bond acceptors (Lipinski definition) is 0. The van der Waals surface area contributed by atoms with Crippen LogP contribution >= 0.6 is 38.5 Å². The summed E-state index contributed by atoms with van der Waals surface area (Å²) in [5.74, 6) is 0.588. The van der Waals surface area contributed by atoms with Crippen LogP contribution in [-0.4, -0.2) is 0 Å². The van der Waals surface area contributed by atoms with Crippen LogP contribution in [0.5, 0.6) is 0 Å². The summed E-state index contributed by atoms with van der Waals surface area (Å²) in [6, 6.07) is 17.4. The number of benzene rings is 2. The molecule has 0 saturated carbocycles. The lowest BCUT2D eigenvalue weighted by molar-refractivity contribution is 0.865. The maximum Gasteiger partial charge on any atom is 0.0654 e. The Labute approximate surface area is 131 Å². The van der Waals surface area contributed by atoms with Gasteiger partial charge in [0.1, 0.15) is 0 Å². The van der Waals surface area contributed by atoms with Crippen molar-refractivity contribution in [2.24, 2.45) is 0 Å². The minimum Gasteiger partial charge on any atom is -0.0786 e. The summed E-state index contributed by atoms with van der Waals surface area (Å²) < 4.78 is 1.30. The Hall–Kier alpha value is -0.350. The third kappa shape index (κ3) is 3.15. The van der Waals surface area contributed by atoms with Crippen molar-refractivity contribution in [3.05, 3.63) is 68.8 Å². The lowest BCUT2D eigenvalue weighted by atomic mass is 9.99. The van der Waals surface area contributed by atoms with E-state index >= 15 is 0 Å². The second-order valence-electron chi connectivity index (χ2n) is 4.71. The minimum absolute atomic E-state index is 0.270. The van der Waals surface area contributed by atoms with Crippen molar-refractivity contribution >= 4 is 38.5 Å². The van der Waals surface area contributed by atoms with Gasteiger partial charge in [-0.1, -0.05) is 72.2 Å². The Kier molecular flexibility index (Phi) is 4.84. The summed E-state index contributed by atoms with van der Waals surface area (Å²) in [5.41, 5.74) is 4.03. The molecule has 2 heteroatoms. The highest BCUT2D eigenvalue weighted by Gasteiger charge is 2.13. The predicted molar refractivity (Wildman–Crippen MR) is 90.5 cm³/mol. The number of halogens is 2. The second-order valence-corrected chi connectivity index (χ2v) is 6.78. The van der Waals surface area contributed by atoms with E-state index in [1.807, 2.05) is 0 Å². The molecule has 0 aromatic heterocycles. The molecule has 1 atom stereocenters. The maximum absolute atomic E-state index is 3.80. The van der Waals surface area contributed by atoms with Crippen molar-refractivity contribution in [3.63, 3.8) is 0 Å². The molecule has 0 saturated heterocycles. The molecule has 0 radical (unpaired) electrons. The second kappa shape index (κ2) is 6.20. The van der Waals surface area contributed by atoms with Crippen molar-refractivity contribution in [3.8, 4) is 0 Å². The van der Waals surface area contributed by atoms with E-state index in [1.54, 1.807) is 0 Å². The van der Waals surface area contributed by atoms with E-state index in [-0.39, 0.29) is 4.83 Å². The molecule has 0 nitrogen and oxygen atoms in total. The van der Waals surface area contributed by atoms with Crippen LogP contribution < -0.4 is 0 Å². The first-order valence-corrected chi connectivity index (χ1v) is 8.07. The van der Waals surface area contributed by atoms with Gasteiger partial charge in [0.2, 0.25) is 0 Å². The molecule has 0 N–H and O–H groups in total. The van der Waals surface area contributed by atoms with Crippen LogP contribution in [-0.2, 0) is 0 Å². The van der Waals surface area contributed by atoms with Crippen molar-refractivity contribution in [1.29, 1.82) is 0 Å². The van der Waals surface area contributed by atoms with E-state index in [2.05, 4.69) is 101 Å². The van der Waals surface area contributed by atoms with Gasteiger partial charge in [0.15, 0.2) is 0 Å². The lowest BCUT2D eigenvalue weighted by Crippen LogP contribution is -1.96. The first-order valence-electron chi connectivity index (χ1n) is 6.08. The van der Waals surface area contributed by atoms with E-state index in [1.165, 1.54) is 20.3 Å². The summed E-state index contributed by atoms with van der Waals surface area (Å²) in [6.45, 7) is 4.45. The third-order valence-electron chi connectivity index (χ3n) is 3.07. The molecule has 2 aromatic carbocycles. The van der Waals surface area contributed by atoms with E-state index in [0.717, 1.165) is 0 Å². The van der Waals surface area contributed by atoms with Crippen LogP contribution in [0.1, 0.15) is 41.3 Å². The van der Waals surface area contributed by atoms with Crippen LogP contribution in [0.15, 0.2) is 48.5 Å². The zero-order valence-corrected chi connectivity index (χ0v) is 14.3. The quantitative estimate of drug-likeness (QED) is 0.433. The molecule has 0 aliphatic rings. The largest absolute Gasteiger partial charge is 0.0786 e. The van der Waals surface area contributed by atoms with Gasteiger partial charge in [-0.05, 0) is 51.3 Å². The fourth-order valence-corrected chi connectivity index (χ4v) is 3.74. The minimum atomic E-state index is 0.270. The highest BCUT2D eigenvalue weighted by molar-refractivity contribution is 14.1. The topological polar surface area (TPSA) is 0 Å². The maximum atomic E-state index is 3.80. The molecule has 2 rings (SSSR count). The standard InChI is InChI=1S/C16H16BrI/c1-11(2)12-7-9-13(10-8-12)16(17)14-5-3-4-6-15(14)18/h3-11,16H,1-2H3. The van der Waals surface area contributed by atoms with Gasteiger partial charge in [-0.15, -0.1) is 0 Å². The summed E-state index contributed by atoms with van der Waals surface area (Å²) in [5, 5.41) is 0. The molecular formula is C16H16BrI. The van der Waals surface area contributed by atoms with Crippen LogP contribution in [0.4, 0.5) is 0 Å². The third-order valence-corrected chi connectivity index (χ3v) is 5.08. The first-order chi connectivity index (χ1) is 8.59. The van der Waals surface area contributed by atoms with Gasteiger partial charge in [0.25, 0.3) is 0 Å². The zero-order valence-electron chi connectivity index (χ0n) is 10.5. The Morgan fingerprint density at radius 2 is 1.44 bits per heavy atom. The van der Waals surface area contributed by atoms with Gasteiger partial charge < -0.3 is 0 Å². The molecule has 18 heavy (non-hydrogen) atoms. The smallest absolute Gasteiger partial charge is 0.0654 e. The van der Waals surface area contributed by atoms with Crippen molar-refractivity contribution < 1.29 is 0 Å². The summed E-state index contributed by atoms with van der Waals surface area (Å²) in [4.78, 5) is 0.270. The Bertz CT molecular complexity index is 517. The predicted octanol–water partition coefficient (Wildman–Crippen LogP) is 5.90. The normalized spacial score (nSPS) is 12.7. The molecule has 0 fully saturated rings. The first kappa shape index (κ1) is 14.1. The molecule has 0 amide bonds. The summed E-state index contributed by atoms with van der Waals surface area (Å²) >= 11 is 6.19. The Morgan fingerprint density at radius 1 is 0.889 bits per heavy atom. The summed E-state index contributed by atoms with van der Waals surface area (Å²) in [6.07, 6.45) is 0. The van der Waals surface area contributed by atoms with E-state index < -0.39 is 0 Å². The van der Waals surface area contributed by atoms with Crippen LogP contribution in [0, 0.1) is 3.57 Å². The van der Waals surface area contributed by atoms with Crippen LogP contribution in [0.25, 0.3) is 0 Å². The molecule has 0 spiro atoms. The fourth-order valence-electron chi connectivity index (χ4n) is 1.91. The highest BCUT2D eigenvalue weighted by atomic mass is 127. The monoisotopic (exact) mass is 414 g/mol. The van der Waals surface area contributed by atoms with Gasteiger partial charge in [-0.2, -0.15) is 0 Å². The number of rotatable bonds is 3.